The quantitative estimate of drug-likeness (QED) is 0.615. The first-order valence-corrected chi connectivity index (χ1v) is 5.29. The Morgan fingerprint density at radius 3 is 1.31 bits per heavy atom. The number of rotatable bonds is 3. The Hall–Kier alpha value is -0.150. The van der Waals surface area contributed by atoms with Gasteiger partial charge in [0.1, 0.15) is 0 Å². The van der Waals surface area contributed by atoms with Crippen molar-refractivity contribution in [2.45, 2.75) is 39.8 Å². The molecule has 0 heterocycles. The molecule has 0 aromatic rings. The summed E-state index contributed by atoms with van der Waals surface area (Å²) >= 11 is 0. The van der Waals surface area contributed by atoms with Gasteiger partial charge in [0.25, 0.3) is 0 Å². The Morgan fingerprint density at radius 2 is 1.31 bits per heavy atom. The lowest BCUT2D eigenvalue weighted by Crippen LogP contribution is -2.31. The number of nitrogens with zero attached hydrogens (tertiary/aromatic N) is 1. The zero-order valence-electron chi connectivity index (χ0n) is 8.68. The van der Waals surface area contributed by atoms with Crippen LogP contribution in [-0.2, 0) is 0 Å². The molecular formula is C8H20NO3P. The van der Waals surface area contributed by atoms with Crippen molar-refractivity contribution in [1.29, 1.82) is 0 Å². The normalized spacial score (nSPS) is 10.0. The molecule has 0 atom stereocenters. The maximum absolute atomic E-state index is 7.23. The van der Waals surface area contributed by atoms with E-state index in [4.69, 9.17) is 14.7 Å². The zero-order valence-corrected chi connectivity index (χ0v) is 9.57. The lowest BCUT2D eigenvalue weighted by atomic mass is 10.2. The van der Waals surface area contributed by atoms with Crippen LogP contribution in [0.25, 0.3) is 0 Å². The van der Waals surface area contributed by atoms with Crippen LogP contribution in [0.1, 0.15) is 27.7 Å². The molecule has 0 unspecified atom stereocenters. The molecule has 0 aliphatic carbocycles. The first-order valence-electron chi connectivity index (χ1n) is 4.09. The highest BCUT2D eigenvalue weighted by Gasteiger charge is 2.05. The monoisotopic (exact) mass is 209 g/mol. The van der Waals surface area contributed by atoms with Crippen LogP contribution >= 0.6 is 8.60 Å². The van der Waals surface area contributed by atoms with E-state index in [1.165, 1.54) is 0 Å². The van der Waals surface area contributed by atoms with E-state index in [1.807, 2.05) is 6.20 Å². The van der Waals surface area contributed by atoms with Gasteiger partial charge in [-0.1, -0.05) is 6.58 Å². The van der Waals surface area contributed by atoms with Gasteiger partial charge in [-0.05, 0) is 33.9 Å². The van der Waals surface area contributed by atoms with Gasteiger partial charge in [0.15, 0.2) is 0 Å². The summed E-state index contributed by atoms with van der Waals surface area (Å²) in [6.45, 7) is 12.4. The van der Waals surface area contributed by atoms with E-state index in [-0.39, 0.29) is 0 Å². The maximum Gasteiger partial charge on any atom is 0.324 e. The van der Waals surface area contributed by atoms with Crippen LogP contribution < -0.4 is 0 Å². The molecule has 0 amide bonds. The third kappa shape index (κ3) is 11.9. The highest BCUT2D eigenvalue weighted by atomic mass is 31.2. The fourth-order valence-electron chi connectivity index (χ4n) is 1.02. The fourth-order valence-corrected chi connectivity index (χ4v) is 1.02. The van der Waals surface area contributed by atoms with Gasteiger partial charge in [-0.15, -0.1) is 0 Å². The van der Waals surface area contributed by atoms with Crippen molar-refractivity contribution in [3.63, 3.8) is 0 Å². The second kappa shape index (κ2) is 8.45. The molecule has 0 rings (SSSR count). The summed E-state index contributed by atoms with van der Waals surface area (Å²) in [5, 5.41) is 0. The molecule has 0 bridgehead atoms. The summed E-state index contributed by atoms with van der Waals surface area (Å²) in [5.74, 6) is 0. The van der Waals surface area contributed by atoms with E-state index in [1.54, 1.807) is 0 Å². The minimum atomic E-state index is -2.62. The third-order valence-corrected chi connectivity index (χ3v) is 1.40. The molecular weight excluding hydrogens is 189 g/mol. The smallest absolute Gasteiger partial charge is 0.324 e. The highest BCUT2D eigenvalue weighted by Crippen LogP contribution is 2.11. The predicted molar refractivity (Wildman–Crippen MR) is 55.9 cm³/mol. The van der Waals surface area contributed by atoms with E-state index in [0.29, 0.717) is 12.1 Å². The summed E-state index contributed by atoms with van der Waals surface area (Å²) < 4.78 is 0. The van der Waals surface area contributed by atoms with Crippen LogP contribution in [0.15, 0.2) is 12.8 Å². The van der Waals surface area contributed by atoms with E-state index in [2.05, 4.69) is 39.2 Å². The molecule has 80 valence electrons. The number of hydrogen-bond donors (Lipinski definition) is 3. The average Bonchev–Trinajstić information content (AvgIpc) is 1.84. The lowest BCUT2D eigenvalue weighted by molar-refractivity contribution is 0.257. The molecule has 0 aliphatic heterocycles. The first kappa shape index (κ1) is 15.3. The Kier molecular flexibility index (Phi) is 9.96. The molecule has 5 heteroatoms. The van der Waals surface area contributed by atoms with Gasteiger partial charge in [0.2, 0.25) is 0 Å². The Balaban J connectivity index is 0. The van der Waals surface area contributed by atoms with Crippen molar-refractivity contribution >= 4 is 8.60 Å². The van der Waals surface area contributed by atoms with Crippen molar-refractivity contribution in [2.75, 3.05) is 0 Å². The fraction of sp³-hybridized carbons (Fsp3) is 0.750. The SMILES string of the molecule is C=CN(C(C)C)C(C)C.OP(O)O. The van der Waals surface area contributed by atoms with Gasteiger partial charge < -0.3 is 19.6 Å². The van der Waals surface area contributed by atoms with E-state index in [0.717, 1.165) is 0 Å². The second-order valence-electron chi connectivity index (χ2n) is 3.09. The van der Waals surface area contributed by atoms with Crippen molar-refractivity contribution in [3.05, 3.63) is 12.8 Å². The number of hydrogen-bond acceptors (Lipinski definition) is 4. The molecule has 3 N–H and O–H groups in total. The van der Waals surface area contributed by atoms with Crippen molar-refractivity contribution in [3.8, 4) is 0 Å². The average molecular weight is 209 g/mol. The molecule has 0 aliphatic rings. The molecule has 13 heavy (non-hydrogen) atoms. The minimum absolute atomic E-state index is 0.572. The molecule has 0 saturated carbocycles. The predicted octanol–water partition coefficient (Wildman–Crippen LogP) is 1.44. The van der Waals surface area contributed by atoms with Crippen LogP contribution in [-0.4, -0.2) is 31.7 Å². The summed E-state index contributed by atoms with van der Waals surface area (Å²) in [7, 11) is -2.62. The van der Waals surface area contributed by atoms with Crippen molar-refractivity contribution in [2.24, 2.45) is 0 Å². The van der Waals surface area contributed by atoms with Crippen molar-refractivity contribution in [1.82, 2.24) is 4.90 Å². The molecule has 0 aromatic carbocycles. The second-order valence-corrected chi connectivity index (χ2v) is 3.62. The van der Waals surface area contributed by atoms with Gasteiger partial charge in [0, 0.05) is 12.1 Å². The standard InChI is InChI=1S/C8H17N.H3O3P/c1-6-9(7(2)3)8(4)5;1-4(2)3/h6-8H,1H2,2-5H3;1-3H. The molecule has 0 radical (unpaired) electrons. The van der Waals surface area contributed by atoms with Crippen LogP contribution in [0.4, 0.5) is 0 Å². The topological polar surface area (TPSA) is 63.9 Å². The Bertz CT molecular complexity index is 118. The Morgan fingerprint density at radius 1 is 1.08 bits per heavy atom. The van der Waals surface area contributed by atoms with Gasteiger partial charge in [0.05, 0.1) is 0 Å². The lowest BCUT2D eigenvalue weighted by Gasteiger charge is -2.28. The van der Waals surface area contributed by atoms with Crippen LogP contribution in [0.3, 0.4) is 0 Å². The zero-order chi connectivity index (χ0) is 11.0. The largest absolute Gasteiger partial charge is 0.373 e. The summed E-state index contributed by atoms with van der Waals surface area (Å²) in [6, 6.07) is 1.14. The van der Waals surface area contributed by atoms with E-state index in [9.17, 15) is 0 Å². The van der Waals surface area contributed by atoms with Crippen LogP contribution in [0, 0.1) is 0 Å². The van der Waals surface area contributed by atoms with Gasteiger partial charge in [-0.25, -0.2) is 0 Å². The molecule has 0 spiro atoms. The minimum Gasteiger partial charge on any atom is -0.373 e. The van der Waals surface area contributed by atoms with Crippen molar-refractivity contribution < 1.29 is 14.7 Å². The molecule has 0 saturated heterocycles. The first-order chi connectivity index (χ1) is 5.82. The van der Waals surface area contributed by atoms with E-state index >= 15 is 0 Å². The van der Waals surface area contributed by atoms with Gasteiger partial charge in [-0.3, -0.25) is 0 Å². The summed E-state index contributed by atoms with van der Waals surface area (Å²) in [4.78, 5) is 23.9. The molecule has 4 nitrogen and oxygen atoms in total. The highest BCUT2D eigenvalue weighted by molar-refractivity contribution is 7.38. The summed E-state index contributed by atoms with van der Waals surface area (Å²) in [5.41, 5.74) is 0. The third-order valence-electron chi connectivity index (χ3n) is 1.40. The maximum atomic E-state index is 7.23. The Labute approximate surface area is 81.5 Å². The van der Waals surface area contributed by atoms with Gasteiger partial charge >= 0.3 is 8.60 Å². The summed E-state index contributed by atoms with van der Waals surface area (Å²) in [6.07, 6.45) is 1.90. The molecule has 0 aromatic heterocycles. The van der Waals surface area contributed by atoms with Crippen LogP contribution in [0.2, 0.25) is 0 Å². The van der Waals surface area contributed by atoms with E-state index < -0.39 is 8.60 Å². The van der Waals surface area contributed by atoms with Gasteiger partial charge in [-0.2, -0.15) is 0 Å². The van der Waals surface area contributed by atoms with Crippen LogP contribution in [0.5, 0.6) is 0 Å². The molecule has 0 fully saturated rings.